The Morgan fingerprint density at radius 2 is 1.11 bits per heavy atom. The molecular formula is C26H26S2. The van der Waals surface area contributed by atoms with E-state index in [9.17, 15) is 0 Å². The summed E-state index contributed by atoms with van der Waals surface area (Å²) in [5.74, 6) is 0. The maximum absolute atomic E-state index is 2.31. The lowest BCUT2D eigenvalue weighted by Gasteiger charge is -2.01. The summed E-state index contributed by atoms with van der Waals surface area (Å²) in [6.07, 6.45) is 6.55. The first kappa shape index (κ1) is 19.2. The fourth-order valence-electron chi connectivity index (χ4n) is 3.44. The Morgan fingerprint density at radius 1 is 0.536 bits per heavy atom. The lowest BCUT2D eigenvalue weighted by atomic mass is 10.1. The third-order valence-electron chi connectivity index (χ3n) is 5.06. The molecule has 2 heteroatoms. The van der Waals surface area contributed by atoms with Gasteiger partial charge in [-0.25, -0.2) is 0 Å². The zero-order valence-corrected chi connectivity index (χ0v) is 18.0. The summed E-state index contributed by atoms with van der Waals surface area (Å²) in [4.78, 5) is 5.55. The van der Waals surface area contributed by atoms with Crippen LogP contribution in [0.2, 0.25) is 0 Å². The van der Waals surface area contributed by atoms with E-state index in [0.717, 1.165) is 0 Å². The summed E-state index contributed by atoms with van der Waals surface area (Å²) in [6, 6.07) is 28.7. The Bertz CT molecular complexity index is 990. The standard InChI is InChI=1S/C26H26S2/c1-2-3-4-8-11-23-16-17-24(27-23)21-12-14-22(15-13-21)26-19-18-25(28-26)20-9-6-5-7-10-20/h5-7,9-10,12-19H,2-4,8,11H2,1H3. The summed E-state index contributed by atoms with van der Waals surface area (Å²) in [7, 11) is 0. The van der Waals surface area contributed by atoms with Crippen LogP contribution in [-0.2, 0) is 6.42 Å². The van der Waals surface area contributed by atoms with Gasteiger partial charge in [-0.3, -0.25) is 0 Å². The van der Waals surface area contributed by atoms with Crippen molar-refractivity contribution in [2.75, 3.05) is 0 Å². The van der Waals surface area contributed by atoms with E-state index in [1.165, 1.54) is 68.3 Å². The van der Waals surface area contributed by atoms with E-state index in [2.05, 4.69) is 85.8 Å². The Kier molecular flexibility index (Phi) is 6.41. The molecule has 0 atom stereocenters. The predicted octanol–water partition coefficient (Wildman–Crippen LogP) is 8.93. The van der Waals surface area contributed by atoms with Crippen LogP contribution in [0.5, 0.6) is 0 Å². The average molecular weight is 403 g/mol. The lowest BCUT2D eigenvalue weighted by molar-refractivity contribution is 0.670. The molecule has 0 amide bonds. The molecule has 2 aromatic heterocycles. The van der Waals surface area contributed by atoms with Gasteiger partial charge in [-0.2, -0.15) is 0 Å². The minimum Gasteiger partial charge on any atom is -0.140 e. The molecule has 28 heavy (non-hydrogen) atoms. The van der Waals surface area contributed by atoms with Crippen LogP contribution in [-0.4, -0.2) is 0 Å². The molecule has 0 unspecified atom stereocenters. The van der Waals surface area contributed by atoms with Gasteiger partial charge in [0.15, 0.2) is 0 Å². The summed E-state index contributed by atoms with van der Waals surface area (Å²) in [5, 5.41) is 0. The lowest BCUT2D eigenvalue weighted by Crippen LogP contribution is -1.80. The minimum absolute atomic E-state index is 1.22. The second kappa shape index (κ2) is 9.36. The SMILES string of the molecule is CCCCCCc1ccc(-c2ccc(-c3ccc(-c4ccccc4)s3)cc2)s1. The highest BCUT2D eigenvalue weighted by molar-refractivity contribution is 7.18. The Morgan fingerprint density at radius 3 is 1.75 bits per heavy atom. The summed E-state index contributed by atoms with van der Waals surface area (Å²) in [5.41, 5.74) is 3.92. The van der Waals surface area contributed by atoms with Crippen LogP contribution in [0.15, 0.2) is 78.9 Å². The number of unbranched alkanes of at least 4 members (excludes halogenated alkanes) is 3. The molecule has 4 aromatic rings. The molecule has 0 bridgehead atoms. The molecule has 142 valence electrons. The van der Waals surface area contributed by atoms with E-state index < -0.39 is 0 Å². The van der Waals surface area contributed by atoms with E-state index in [-0.39, 0.29) is 0 Å². The molecule has 2 aromatic carbocycles. The molecule has 0 saturated carbocycles. The maximum Gasteiger partial charge on any atom is 0.0349 e. The Balaban J connectivity index is 1.45. The maximum atomic E-state index is 2.31. The van der Waals surface area contributed by atoms with Crippen molar-refractivity contribution in [3.63, 3.8) is 0 Å². The highest BCUT2D eigenvalue weighted by Gasteiger charge is 2.07. The van der Waals surface area contributed by atoms with Crippen molar-refractivity contribution >= 4 is 22.7 Å². The first-order chi connectivity index (χ1) is 13.8. The van der Waals surface area contributed by atoms with Crippen molar-refractivity contribution < 1.29 is 0 Å². The second-order valence-corrected chi connectivity index (χ2v) is 9.44. The normalized spacial score (nSPS) is 11.0. The number of aryl methyl sites for hydroxylation is 1. The van der Waals surface area contributed by atoms with Crippen molar-refractivity contribution in [1.82, 2.24) is 0 Å². The van der Waals surface area contributed by atoms with E-state index in [0.29, 0.717) is 0 Å². The number of thiophene rings is 2. The fourth-order valence-corrected chi connectivity index (χ4v) is 5.51. The van der Waals surface area contributed by atoms with Crippen LogP contribution in [0.4, 0.5) is 0 Å². The predicted molar refractivity (Wildman–Crippen MR) is 126 cm³/mol. The van der Waals surface area contributed by atoms with Gasteiger partial charge in [0.05, 0.1) is 0 Å². The third-order valence-corrected chi connectivity index (χ3v) is 7.43. The van der Waals surface area contributed by atoms with E-state index in [1.807, 2.05) is 22.7 Å². The molecule has 0 aliphatic rings. The largest absolute Gasteiger partial charge is 0.140 e. The van der Waals surface area contributed by atoms with Crippen molar-refractivity contribution in [3.05, 3.63) is 83.7 Å². The number of rotatable bonds is 8. The van der Waals surface area contributed by atoms with Crippen LogP contribution in [0.1, 0.15) is 37.5 Å². The van der Waals surface area contributed by atoms with E-state index in [4.69, 9.17) is 0 Å². The average Bonchev–Trinajstić information content (AvgIpc) is 3.42. The molecule has 2 heterocycles. The monoisotopic (exact) mass is 402 g/mol. The van der Waals surface area contributed by atoms with Crippen molar-refractivity contribution in [2.24, 2.45) is 0 Å². The van der Waals surface area contributed by atoms with Crippen LogP contribution in [0.3, 0.4) is 0 Å². The zero-order chi connectivity index (χ0) is 19.2. The number of hydrogen-bond acceptors (Lipinski definition) is 2. The molecule has 0 N–H and O–H groups in total. The molecule has 0 saturated heterocycles. The molecule has 0 fully saturated rings. The van der Waals surface area contributed by atoms with Gasteiger partial charge < -0.3 is 0 Å². The second-order valence-electron chi connectivity index (χ2n) is 7.18. The smallest absolute Gasteiger partial charge is 0.0349 e. The van der Waals surface area contributed by atoms with Crippen LogP contribution in [0.25, 0.3) is 31.3 Å². The molecule has 0 radical (unpaired) electrons. The molecule has 0 spiro atoms. The summed E-state index contributed by atoms with van der Waals surface area (Å²) < 4.78 is 0. The first-order valence-electron chi connectivity index (χ1n) is 10.2. The topological polar surface area (TPSA) is 0 Å². The highest BCUT2D eigenvalue weighted by Crippen LogP contribution is 2.36. The zero-order valence-electron chi connectivity index (χ0n) is 16.4. The molecule has 0 nitrogen and oxygen atoms in total. The van der Waals surface area contributed by atoms with Gasteiger partial charge in [-0.15, -0.1) is 22.7 Å². The van der Waals surface area contributed by atoms with Crippen LogP contribution >= 0.6 is 22.7 Å². The van der Waals surface area contributed by atoms with Gasteiger partial charge in [-0.05, 0) is 53.8 Å². The molecular weight excluding hydrogens is 376 g/mol. The van der Waals surface area contributed by atoms with Gasteiger partial charge in [0.25, 0.3) is 0 Å². The first-order valence-corrected chi connectivity index (χ1v) is 11.8. The molecule has 0 aliphatic heterocycles. The van der Waals surface area contributed by atoms with Gasteiger partial charge in [0, 0.05) is 19.5 Å². The molecule has 0 aliphatic carbocycles. The van der Waals surface area contributed by atoms with Gasteiger partial charge in [0.2, 0.25) is 0 Å². The number of hydrogen-bond donors (Lipinski definition) is 0. The minimum atomic E-state index is 1.22. The molecule has 4 rings (SSSR count). The van der Waals surface area contributed by atoms with Gasteiger partial charge in [-0.1, -0.05) is 80.8 Å². The summed E-state index contributed by atoms with van der Waals surface area (Å²) >= 11 is 3.81. The van der Waals surface area contributed by atoms with Crippen molar-refractivity contribution in [1.29, 1.82) is 0 Å². The quantitative estimate of drug-likeness (QED) is 0.258. The fraction of sp³-hybridized carbons (Fsp3) is 0.231. The van der Waals surface area contributed by atoms with Crippen molar-refractivity contribution in [3.8, 4) is 31.3 Å². The van der Waals surface area contributed by atoms with Gasteiger partial charge >= 0.3 is 0 Å². The summed E-state index contributed by atoms with van der Waals surface area (Å²) in [6.45, 7) is 2.27. The number of benzene rings is 2. The van der Waals surface area contributed by atoms with Crippen LogP contribution < -0.4 is 0 Å². The highest BCUT2D eigenvalue weighted by atomic mass is 32.1. The van der Waals surface area contributed by atoms with Crippen LogP contribution in [0, 0.1) is 0 Å². The van der Waals surface area contributed by atoms with E-state index in [1.54, 1.807) is 0 Å². The third kappa shape index (κ3) is 4.63. The Hall–Kier alpha value is -2.16. The van der Waals surface area contributed by atoms with Crippen molar-refractivity contribution in [2.45, 2.75) is 39.0 Å². The Labute approximate surface area is 176 Å². The van der Waals surface area contributed by atoms with E-state index >= 15 is 0 Å². The van der Waals surface area contributed by atoms with Gasteiger partial charge in [0.1, 0.15) is 0 Å².